The summed E-state index contributed by atoms with van der Waals surface area (Å²) in [6, 6.07) is 7.43. The number of halogens is 2. The normalized spacial score (nSPS) is 10.3. The highest BCUT2D eigenvalue weighted by atomic mass is 127. The predicted molar refractivity (Wildman–Crippen MR) is 78.6 cm³/mol. The van der Waals surface area contributed by atoms with E-state index in [2.05, 4.69) is 37.9 Å². The number of nitrogens with zero attached hydrogens (tertiary/aromatic N) is 2. The van der Waals surface area contributed by atoms with Crippen LogP contribution < -0.4 is 11.1 Å². The van der Waals surface area contributed by atoms with Crippen LogP contribution in [0.5, 0.6) is 0 Å². The number of aromatic nitrogens is 2. The quantitative estimate of drug-likeness (QED) is 0.806. The summed E-state index contributed by atoms with van der Waals surface area (Å²) < 4.78 is 1.02. The van der Waals surface area contributed by atoms with Gasteiger partial charge in [-0.15, -0.1) is 0 Å². The predicted octanol–water partition coefficient (Wildman–Crippen LogP) is 3.37. The van der Waals surface area contributed by atoms with E-state index in [1.165, 1.54) is 0 Å². The summed E-state index contributed by atoms with van der Waals surface area (Å²) in [5, 5.41) is 3.89. The number of anilines is 3. The lowest BCUT2D eigenvalue weighted by atomic mass is 10.3. The molecule has 0 saturated carbocycles. The molecule has 17 heavy (non-hydrogen) atoms. The molecule has 0 atom stereocenters. The molecule has 0 saturated heterocycles. The van der Waals surface area contributed by atoms with Crippen molar-refractivity contribution in [1.29, 1.82) is 0 Å². The fraction of sp³-hybridized carbons (Fsp3) is 0.0909. The monoisotopic (exact) mass is 360 g/mol. The molecule has 0 spiro atoms. The van der Waals surface area contributed by atoms with Gasteiger partial charge in [-0.25, -0.2) is 4.98 Å². The van der Waals surface area contributed by atoms with E-state index < -0.39 is 0 Å². The molecule has 0 unspecified atom stereocenters. The SMILES string of the molecule is Cc1cc(Nc2ccc(Cl)cc2I)nc(N)n1. The van der Waals surface area contributed by atoms with Gasteiger partial charge >= 0.3 is 0 Å². The molecular formula is C11H10ClIN4. The van der Waals surface area contributed by atoms with Gasteiger partial charge in [0.2, 0.25) is 5.95 Å². The smallest absolute Gasteiger partial charge is 0.222 e. The Morgan fingerprint density at radius 2 is 2.06 bits per heavy atom. The number of hydrogen-bond donors (Lipinski definition) is 2. The summed E-state index contributed by atoms with van der Waals surface area (Å²) in [4.78, 5) is 8.13. The third-order valence-electron chi connectivity index (χ3n) is 2.07. The lowest BCUT2D eigenvalue weighted by Gasteiger charge is -2.09. The Morgan fingerprint density at radius 3 is 2.71 bits per heavy atom. The molecule has 0 fully saturated rings. The molecule has 0 aliphatic rings. The maximum Gasteiger partial charge on any atom is 0.222 e. The molecule has 1 aromatic carbocycles. The molecule has 88 valence electrons. The van der Waals surface area contributed by atoms with E-state index in [9.17, 15) is 0 Å². The van der Waals surface area contributed by atoms with Crippen LogP contribution in [-0.4, -0.2) is 9.97 Å². The topological polar surface area (TPSA) is 63.8 Å². The fourth-order valence-electron chi connectivity index (χ4n) is 1.38. The highest BCUT2D eigenvalue weighted by Crippen LogP contribution is 2.25. The van der Waals surface area contributed by atoms with Gasteiger partial charge in [-0.2, -0.15) is 4.98 Å². The lowest BCUT2D eigenvalue weighted by molar-refractivity contribution is 1.12. The molecule has 6 heteroatoms. The maximum absolute atomic E-state index is 5.89. The zero-order valence-electron chi connectivity index (χ0n) is 9.04. The Balaban J connectivity index is 2.31. The highest BCUT2D eigenvalue weighted by Gasteiger charge is 2.03. The number of benzene rings is 1. The zero-order chi connectivity index (χ0) is 12.4. The van der Waals surface area contributed by atoms with Gasteiger partial charge in [-0.05, 0) is 47.7 Å². The molecule has 0 aliphatic carbocycles. The van der Waals surface area contributed by atoms with Crippen molar-refractivity contribution in [3.8, 4) is 0 Å². The molecule has 4 nitrogen and oxygen atoms in total. The first kappa shape index (κ1) is 12.4. The Hall–Kier alpha value is -1.08. The lowest BCUT2D eigenvalue weighted by Crippen LogP contribution is -2.02. The Bertz CT molecular complexity index is 539. The third kappa shape index (κ3) is 3.19. The van der Waals surface area contributed by atoms with Crippen LogP contribution in [0.2, 0.25) is 5.02 Å². The second kappa shape index (κ2) is 5.05. The Kier molecular flexibility index (Phi) is 3.68. The van der Waals surface area contributed by atoms with Gasteiger partial charge in [-0.3, -0.25) is 0 Å². The number of hydrogen-bond acceptors (Lipinski definition) is 4. The number of aryl methyl sites for hydroxylation is 1. The van der Waals surface area contributed by atoms with E-state index in [0.717, 1.165) is 15.0 Å². The van der Waals surface area contributed by atoms with E-state index in [-0.39, 0.29) is 5.95 Å². The summed E-state index contributed by atoms with van der Waals surface area (Å²) in [7, 11) is 0. The number of rotatable bonds is 2. The van der Waals surface area contributed by atoms with Crippen LogP contribution in [0, 0.1) is 10.5 Å². The van der Waals surface area contributed by atoms with Gasteiger partial charge in [0.05, 0.1) is 5.69 Å². The largest absolute Gasteiger partial charge is 0.368 e. The van der Waals surface area contributed by atoms with E-state index in [0.29, 0.717) is 10.8 Å². The molecule has 1 aromatic heterocycles. The summed E-state index contributed by atoms with van der Waals surface area (Å²) in [6.07, 6.45) is 0. The van der Waals surface area contributed by atoms with Crippen molar-refractivity contribution in [1.82, 2.24) is 9.97 Å². The van der Waals surface area contributed by atoms with Gasteiger partial charge in [0, 0.05) is 20.4 Å². The average molecular weight is 361 g/mol. The molecule has 2 aromatic rings. The molecule has 2 rings (SSSR count). The van der Waals surface area contributed by atoms with E-state index in [1.54, 1.807) is 0 Å². The minimum absolute atomic E-state index is 0.261. The first-order chi connectivity index (χ1) is 8.04. The maximum atomic E-state index is 5.89. The molecule has 0 radical (unpaired) electrons. The van der Waals surface area contributed by atoms with Crippen molar-refractivity contribution in [3.63, 3.8) is 0 Å². The summed E-state index contributed by atoms with van der Waals surface area (Å²) >= 11 is 8.10. The minimum Gasteiger partial charge on any atom is -0.368 e. The fourth-order valence-corrected chi connectivity index (χ4v) is 2.39. The standard InChI is InChI=1S/C11H10ClIN4/c1-6-4-10(17-11(14)15-6)16-9-3-2-7(12)5-8(9)13/h2-5H,1H3,(H3,14,15,16,17). The molecular weight excluding hydrogens is 351 g/mol. The first-order valence-electron chi connectivity index (χ1n) is 4.88. The van der Waals surface area contributed by atoms with Crippen molar-refractivity contribution in [2.45, 2.75) is 6.92 Å². The molecule has 0 amide bonds. The van der Waals surface area contributed by atoms with E-state index in [4.69, 9.17) is 17.3 Å². The minimum atomic E-state index is 0.261. The van der Waals surface area contributed by atoms with Gasteiger partial charge in [0.25, 0.3) is 0 Å². The average Bonchev–Trinajstić information content (AvgIpc) is 2.21. The van der Waals surface area contributed by atoms with Crippen molar-refractivity contribution < 1.29 is 0 Å². The molecule has 3 N–H and O–H groups in total. The van der Waals surface area contributed by atoms with Crippen LogP contribution in [0.25, 0.3) is 0 Å². The molecule has 0 aliphatic heterocycles. The Morgan fingerprint density at radius 1 is 1.29 bits per heavy atom. The van der Waals surface area contributed by atoms with Crippen LogP contribution in [0.1, 0.15) is 5.69 Å². The van der Waals surface area contributed by atoms with E-state index in [1.807, 2.05) is 31.2 Å². The van der Waals surface area contributed by atoms with Crippen LogP contribution in [0.4, 0.5) is 17.5 Å². The van der Waals surface area contributed by atoms with Gasteiger partial charge in [0.15, 0.2) is 0 Å². The van der Waals surface area contributed by atoms with Gasteiger partial charge < -0.3 is 11.1 Å². The number of nitrogen functional groups attached to an aromatic ring is 1. The van der Waals surface area contributed by atoms with Crippen molar-refractivity contribution in [2.75, 3.05) is 11.1 Å². The molecule has 1 heterocycles. The number of nitrogens with two attached hydrogens (primary N) is 1. The van der Waals surface area contributed by atoms with Crippen LogP contribution in [0.15, 0.2) is 24.3 Å². The highest BCUT2D eigenvalue weighted by molar-refractivity contribution is 14.1. The van der Waals surface area contributed by atoms with Crippen molar-refractivity contribution >= 4 is 51.6 Å². The number of nitrogens with one attached hydrogen (secondary N) is 1. The van der Waals surface area contributed by atoms with Crippen LogP contribution in [0.3, 0.4) is 0 Å². The first-order valence-corrected chi connectivity index (χ1v) is 6.33. The zero-order valence-corrected chi connectivity index (χ0v) is 12.0. The summed E-state index contributed by atoms with van der Waals surface area (Å²) in [6.45, 7) is 1.87. The third-order valence-corrected chi connectivity index (χ3v) is 3.19. The molecule has 0 bridgehead atoms. The van der Waals surface area contributed by atoms with Gasteiger partial charge in [-0.1, -0.05) is 11.6 Å². The summed E-state index contributed by atoms with van der Waals surface area (Å²) in [5.74, 6) is 0.937. The van der Waals surface area contributed by atoms with Crippen LogP contribution >= 0.6 is 34.2 Å². The van der Waals surface area contributed by atoms with E-state index >= 15 is 0 Å². The van der Waals surface area contributed by atoms with Crippen LogP contribution in [-0.2, 0) is 0 Å². The second-order valence-corrected chi connectivity index (χ2v) is 5.10. The van der Waals surface area contributed by atoms with Gasteiger partial charge in [0.1, 0.15) is 5.82 Å². The Labute approximate surface area is 118 Å². The second-order valence-electron chi connectivity index (χ2n) is 3.50. The van der Waals surface area contributed by atoms with Crippen molar-refractivity contribution in [2.24, 2.45) is 0 Å². The van der Waals surface area contributed by atoms with Crippen molar-refractivity contribution in [3.05, 3.63) is 38.6 Å². The summed E-state index contributed by atoms with van der Waals surface area (Å²) in [5.41, 5.74) is 7.35.